The van der Waals surface area contributed by atoms with E-state index in [1.54, 1.807) is 11.3 Å². The quantitative estimate of drug-likeness (QED) is 0.718. The van der Waals surface area contributed by atoms with Gasteiger partial charge >= 0.3 is 0 Å². The van der Waals surface area contributed by atoms with Gasteiger partial charge < -0.3 is 0 Å². The second-order valence-electron chi connectivity index (χ2n) is 3.55. The smallest absolute Gasteiger partial charge is 0.168 e. The van der Waals surface area contributed by atoms with Crippen molar-refractivity contribution < 1.29 is 4.79 Å². The molecule has 0 aliphatic heterocycles. The van der Waals surface area contributed by atoms with E-state index in [1.807, 2.05) is 48.7 Å². The Bertz CT molecular complexity index is 457. The SMILES string of the molecule is Cc1cccc(C(=O)Cc2cccs2)c1. The normalized spacial score (nSPS) is 10.2. The predicted molar refractivity (Wildman–Crippen MR) is 63.5 cm³/mol. The predicted octanol–water partition coefficient (Wildman–Crippen LogP) is 3.48. The molecule has 2 rings (SSSR count). The summed E-state index contributed by atoms with van der Waals surface area (Å²) in [6, 6.07) is 11.7. The molecule has 0 radical (unpaired) electrons. The highest BCUT2D eigenvalue weighted by Gasteiger charge is 2.07. The molecule has 0 fully saturated rings. The average Bonchev–Trinajstić information content (AvgIpc) is 2.70. The van der Waals surface area contributed by atoms with Crippen LogP contribution >= 0.6 is 11.3 Å². The first-order valence-electron chi connectivity index (χ1n) is 4.88. The summed E-state index contributed by atoms with van der Waals surface area (Å²) in [4.78, 5) is 13.0. The second-order valence-corrected chi connectivity index (χ2v) is 4.58. The highest BCUT2D eigenvalue weighted by molar-refractivity contribution is 7.10. The van der Waals surface area contributed by atoms with Crippen molar-refractivity contribution in [3.8, 4) is 0 Å². The zero-order valence-electron chi connectivity index (χ0n) is 8.57. The number of aryl methyl sites for hydroxylation is 1. The molecule has 0 spiro atoms. The Balaban J connectivity index is 2.15. The van der Waals surface area contributed by atoms with Crippen LogP contribution in [0.5, 0.6) is 0 Å². The topological polar surface area (TPSA) is 17.1 Å². The molecule has 0 bridgehead atoms. The fraction of sp³-hybridized carbons (Fsp3) is 0.154. The molecule has 0 aliphatic rings. The maximum absolute atomic E-state index is 11.9. The van der Waals surface area contributed by atoms with Gasteiger partial charge in [0.2, 0.25) is 0 Å². The second kappa shape index (κ2) is 4.41. The van der Waals surface area contributed by atoms with Crippen molar-refractivity contribution in [1.29, 1.82) is 0 Å². The zero-order valence-corrected chi connectivity index (χ0v) is 9.38. The van der Waals surface area contributed by atoms with Gasteiger partial charge in [-0.3, -0.25) is 4.79 Å². The van der Waals surface area contributed by atoms with Crippen LogP contribution in [0.4, 0.5) is 0 Å². The highest BCUT2D eigenvalue weighted by atomic mass is 32.1. The van der Waals surface area contributed by atoms with Crippen LogP contribution in [0, 0.1) is 6.92 Å². The molecule has 1 aromatic carbocycles. The summed E-state index contributed by atoms with van der Waals surface area (Å²) in [5.74, 6) is 0.196. The fourth-order valence-electron chi connectivity index (χ4n) is 1.49. The number of Topliss-reactive ketones (excluding diaryl/α,β-unsaturated/α-hetero) is 1. The number of carbonyl (C=O) groups is 1. The molecule has 2 aromatic rings. The van der Waals surface area contributed by atoms with E-state index in [1.165, 1.54) is 0 Å². The number of ketones is 1. The van der Waals surface area contributed by atoms with Gasteiger partial charge in [-0.25, -0.2) is 0 Å². The van der Waals surface area contributed by atoms with Crippen LogP contribution in [-0.2, 0) is 6.42 Å². The molecule has 0 amide bonds. The van der Waals surface area contributed by atoms with Gasteiger partial charge in [0, 0.05) is 16.9 Å². The van der Waals surface area contributed by atoms with E-state index in [2.05, 4.69) is 0 Å². The van der Waals surface area contributed by atoms with Gasteiger partial charge in [0.1, 0.15) is 0 Å². The lowest BCUT2D eigenvalue weighted by atomic mass is 10.1. The maximum atomic E-state index is 11.9. The molecule has 0 saturated heterocycles. The van der Waals surface area contributed by atoms with Crippen LogP contribution in [0.15, 0.2) is 41.8 Å². The minimum atomic E-state index is 0.196. The van der Waals surface area contributed by atoms with Gasteiger partial charge in [-0.05, 0) is 24.4 Å². The van der Waals surface area contributed by atoms with Crippen molar-refractivity contribution >= 4 is 17.1 Å². The lowest BCUT2D eigenvalue weighted by Gasteiger charge is -2.00. The first kappa shape index (κ1) is 10.1. The Kier molecular flexibility index (Phi) is 2.97. The Hall–Kier alpha value is -1.41. The van der Waals surface area contributed by atoms with E-state index < -0.39 is 0 Å². The zero-order chi connectivity index (χ0) is 10.7. The molecule has 0 atom stereocenters. The van der Waals surface area contributed by atoms with E-state index in [9.17, 15) is 4.79 Å². The number of hydrogen-bond donors (Lipinski definition) is 0. The summed E-state index contributed by atoms with van der Waals surface area (Å²) < 4.78 is 0. The highest BCUT2D eigenvalue weighted by Crippen LogP contribution is 2.13. The Morgan fingerprint density at radius 1 is 1.27 bits per heavy atom. The van der Waals surface area contributed by atoms with Gasteiger partial charge in [0.25, 0.3) is 0 Å². The van der Waals surface area contributed by atoms with Crippen LogP contribution in [0.3, 0.4) is 0 Å². The van der Waals surface area contributed by atoms with Crippen molar-refractivity contribution in [2.75, 3.05) is 0 Å². The summed E-state index contributed by atoms with van der Waals surface area (Å²) in [6.07, 6.45) is 0.515. The van der Waals surface area contributed by atoms with E-state index in [-0.39, 0.29) is 5.78 Å². The van der Waals surface area contributed by atoms with Crippen molar-refractivity contribution in [1.82, 2.24) is 0 Å². The Labute approximate surface area is 93.4 Å². The van der Waals surface area contributed by atoms with Crippen LogP contribution in [0.2, 0.25) is 0 Å². The lowest BCUT2D eigenvalue weighted by Crippen LogP contribution is -2.02. The molecular formula is C13H12OS. The molecule has 0 saturated carbocycles. The molecule has 0 aliphatic carbocycles. The number of rotatable bonds is 3. The fourth-order valence-corrected chi connectivity index (χ4v) is 2.20. The standard InChI is InChI=1S/C13H12OS/c1-10-4-2-5-11(8-10)13(14)9-12-6-3-7-15-12/h2-8H,9H2,1H3. The van der Waals surface area contributed by atoms with Crippen molar-refractivity contribution in [2.45, 2.75) is 13.3 Å². The van der Waals surface area contributed by atoms with Crippen molar-refractivity contribution in [3.63, 3.8) is 0 Å². The monoisotopic (exact) mass is 216 g/mol. The molecule has 2 heteroatoms. The van der Waals surface area contributed by atoms with Crippen molar-refractivity contribution in [2.24, 2.45) is 0 Å². The summed E-state index contributed by atoms with van der Waals surface area (Å²) >= 11 is 1.63. The number of benzene rings is 1. The van der Waals surface area contributed by atoms with Gasteiger partial charge in [-0.15, -0.1) is 11.3 Å². The largest absolute Gasteiger partial charge is 0.294 e. The van der Waals surface area contributed by atoms with E-state index in [0.717, 1.165) is 16.0 Å². The van der Waals surface area contributed by atoms with Gasteiger partial charge in [-0.1, -0.05) is 29.8 Å². The minimum absolute atomic E-state index is 0.196. The first-order valence-corrected chi connectivity index (χ1v) is 5.76. The average molecular weight is 216 g/mol. The molecule has 1 aromatic heterocycles. The Morgan fingerprint density at radius 2 is 2.13 bits per heavy atom. The molecule has 0 N–H and O–H groups in total. The number of hydrogen-bond acceptors (Lipinski definition) is 2. The Morgan fingerprint density at radius 3 is 2.80 bits per heavy atom. The van der Waals surface area contributed by atoms with Gasteiger partial charge in [0.05, 0.1) is 0 Å². The van der Waals surface area contributed by atoms with Crippen LogP contribution in [0.1, 0.15) is 20.8 Å². The van der Waals surface area contributed by atoms with E-state index >= 15 is 0 Å². The maximum Gasteiger partial charge on any atom is 0.168 e. The molecular weight excluding hydrogens is 204 g/mol. The van der Waals surface area contributed by atoms with Gasteiger partial charge in [-0.2, -0.15) is 0 Å². The summed E-state index contributed by atoms with van der Waals surface area (Å²) in [5, 5.41) is 2.00. The molecule has 1 nitrogen and oxygen atoms in total. The van der Waals surface area contributed by atoms with Crippen molar-refractivity contribution in [3.05, 3.63) is 57.8 Å². The molecule has 1 heterocycles. The first-order chi connectivity index (χ1) is 7.25. The lowest BCUT2D eigenvalue weighted by molar-refractivity contribution is 0.0994. The third kappa shape index (κ3) is 2.54. The summed E-state index contributed by atoms with van der Waals surface area (Å²) in [5.41, 5.74) is 1.94. The molecule has 15 heavy (non-hydrogen) atoms. The van der Waals surface area contributed by atoms with E-state index in [0.29, 0.717) is 6.42 Å². The summed E-state index contributed by atoms with van der Waals surface area (Å²) in [6.45, 7) is 2.00. The third-order valence-electron chi connectivity index (χ3n) is 2.25. The molecule has 0 unspecified atom stereocenters. The minimum Gasteiger partial charge on any atom is -0.294 e. The molecule has 76 valence electrons. The third-order valence-corrected chi connectivity index (χ3v) is 3.13. The van der Waals surface area contributed by atoms with Crippen LogP contribution in [0.25, 0.3) is 0 Å². The number of thiophene rings is 1. The van der Waals surface area contributed by atoms with Crippen LogP contribution < -0.4 is 0 Å². The van der Waals surface area contributed by atoms with Crippen LogP contribution in [-0.4, -0.2) is 5.78 Å². The number of carbonyl (C=O) groups excluding carboxylic acids is 1. The van der Waals surface area contributed by atoms with Gasteiger partial charge in [0.15, 0.2) is 5.78 Å². The summed E-state index contributed by atoms with van der Waals surface area (Å²) in [7, 11) is 0. The van der Waals surface area contributed by atoms with E-state index in [4.69, 9.17) is 0 Å².